The molecule has 4 nitrogen and oxygen atoms in total. The summed E-state index contributed by atoms with van der Waals surface area (Å²) in [5, 5.41) is 11.6. The molecule has 4 rings (SSSR count). The van der Waals surface area contributed by atoms with Crippen LogP contribution in [-0.2, 0) is 10.4 Å². The molecule has 0 spiro atoms. The van der Waals surface area contributed by atoms with Crippen molar-refractivity contribution in [2.24, 2.45) is 5.92 Å². The van der Waals surface area contributed by atoms with Crippen LogP contribution in [0, 0.1) is 33.9 Å². The number of anilines is 1. The van der Waals surface area contributed by atoms with Crippen molar-refractivity contribution < 1.29 is 23.1 Å². The predicted molar refractivity (Wildman–Crippen MR) is 125 cm³/mol. The SMILES string of the molecule is CCN(CC)C1CC(CN2C(=O)C(O)(c3c(F)cc(F)cc3F)c3c(C)cc(I)cc32)C1. The fourth-order valence-electron chi connectivity index (χ4n) is 5.27. The fraction of sp³-hybridized carbons (Fsp3) is 0.458. The number of carbonyl (C=O) groups excluding carboxylic acids is 1. The molecule has 1 amide bonds. The largest absolute Gasteiger partial charge is 0.371 e. The number of aliphatic hydroxyl groups is 1. The molecule has 172 valence electrons. The molecule has 32 heavy (non-hydrogen) atoms. The van der Waals surface area contributed by atoms with Crippen LogP contribution >= 0.6 is 22.6 Å². The third kappa shape index (κ3) is 3.64. The molecule has 1 fully saturated rings. The first-order valence-electron chi connectivity index (χ1n) is 10.9. The second kappa shape index (κ2) is 8.61. The minimum absolute atomic E-state index is 0.159. The van der Waals surface area contributed by atoms with Crippen LogP contribution in [0.5, 0.6) is 0 Å². The number of rotatable bonds is 6. The van der Waals surface area contributed by atoms with Gasteiger partial charge >= 0.3 is 0 Å². The molecule has 2 aliphatic rings. The third-order valence-corrected chi connectivity index (χ3v) is 7.46. The maximum Gasteiger partial charge on any atom is 0.268 e. The average molecular weight is 558 g/mol. The molecule has 8 heteroatoms. The van der Waals surface area contributed by atoms with Gasteiger partial charge in [-0.25, -0.2) is 13.2 Å². The molecule has 1 atom stereocenters. The summed E-state index contributed by atoms with van der Waals surface area (Å²) in [6.45, 7) is 8.21. The highest BCUT2D eigenvalue weighted by atomic mass is 127. The van der Waals surface area contributed by atoms with Crippen molar-refractivity contribution in [2.75, 3.05) is 24.5 Å². The molecule has 1 unspecified atom stereocenters. The molecule has 0 bridgehead atoms. The minimum Gasteiger partial charge on any atom is -0.371 e. The van der Waals surface area contributed by atoms with Gasteiger partial charge in [0.2, 0.25) is 5.60 Å². The van der Waals surface area contributed by atoms with Crippen LogP contribution in [0.1, 0.15) is 43.4 Å². The highest BCUT2D eigenvalue weighted by molar-refractivity contribution is 14.1. The summed E-state index contributed by atoms with van der Waals surface area (Å²) in [4.78, 5) is 17.4. The van der Waals surface area contributed by atoms with E-state index in [0.717, 1.165) is 29.5 Å². The molecule has 1 saturated carbocycles. The highest BCUT2D eigenvalue weighted by Crippen LogP contribution is 2.49. The fourth-order valence-corrected chi connectivity index (χ4v) is 6.03. The number of fused-ring (bicyclic) bond motifs is 1. The Labute approximate surface area is 199 Å². The number of hydrogen-bond acceptors (Lipinski definition) is 3. The maximum absolute atomic E-state index is 14.8. The van der Waals surface area contributed by atoms with E-state index >= 15 is 0 Å². The van der Waals surface area contributed by atoms with Gasteiger partial charge in [-0.1, -0.05) is 13.8 Å². The molecule has 1 aliphatic carbocycles. The van der Waals surface area contributed by atoms with Crippen molar-refractivity contribution in [3.63, 3.8) is 0 Å². The van der Waals surface area contributed by atoms with Crippen LogP contribution in [0.25, 0.3) is 0 Å². The van der Waals surface area contributed by atoms with Crippen molar-refractivity contribution >= 4 is 34.2 Å². The summed E-state index contributed by atoms with van der Waals surface area (Å²) in [6.07, 6.45) is 1.84. The lowest BCUT2D eigenvalue weighted by atomic mass is 9.78. The van der Waals surface area contributed by atoms with E-state index < -0.39 is 34.5 Å². The van der Waals surface area contributed by atoms with Crippen LogP contribution in [0.3, 0.4) is 0 Å². The van der Waals surface area contributed by atoms with E-state index in [1.165, 1.54) is 4.90 Å². The smallest absolute Gasteiger partial charge is 0.268 e. The monoisotopic (exact) mass is 558 g/mol. The Bertz CT molecular complexity index is 1050. The summed E-state index contributed by atoms with van der Waals surface area (Å²) in [7, 11) is 0. The van der Waals surface area contributed by atoms with E-state index in [1.54, 1.807) is 19.1 Å². The second-order valence-electron chi connectivity index (χ2n) is 8.70. The summed E-state index contributed by atoms with van der Waals surface area (Å²) in [5.41, 5.74) is -2.22. The van der Waals surface area contributed by atoms with Gasteiger partial charge in [0, 0.05) is 33.9 Å². The van der Waals surface area contributed by atoms with E-state index in [9.17, 15) is 23.1 Å². The third-order valence-electron chi connectivity index (χ3n) is 6.84. The highest BCUT2D eigenvalue weighted by Gasteiger charge is 2.55. The van der Waals surface area contributed by atoms with Crippen molar-refractivity contribution in [1.82, 2.24) is 4.90 Å². The van der Waals surface area contributed by atoms with Crippen molar-refractivity contribution in [3.8, 4) is 0 Å². The lowest BCUT2D eigenvalue weighted by molar-refractivity contribution is -0.133. The summed E-state index contributed by atoms with van der Waals surface area (Å²) < 4.78 is 43.9. The molecule has 1 heterocycles. The van der Waals surface area contributed by atoms with Crippen LogP contribution in [0.15, 0.2) is 24.3 Å². The van der Waals surface area contributed by atoms with Gasteiger partial charge in [0.05, 0.1) is 11.3 Å². The summed E-state index contributed by atoms with van der Waals surface area (Å²) in [5.74, 6) is -4.25. The Morgan fingerprint density at radius 1 is 1.09 bits per heavy atom. The van der Waals surface area contributed by atoms with Crippen molar-refractivity contribution in [2.45, 2.75) is 45.3 Å². The number of amides is 1. The van der Waals surface area contributed by atoms with E-state index in [0.29, 0.717) is 36.0 Å². The topological polar surface area (TPSA) is 43.8 Å². The van der Waals surface area contributed by atoms with Gasteiger partial charge in [-0.05, 0) is 79.1 Å². The molecule has 0 saturated heterocycles. The first-order chi connectivity index (χ1) is 15.1. The summed E-state index contributed by atoms with van der Waals surface area (Å²) in [6, 6.07) is 4.94. The molecular formula is C24H26F3IN2O2. The van der Waals surface area contributed by atoms with Gasteiger partial charge in [-0.15, -0.1) is 0 Å². The van der Waals surface area contributed by atoms with Gasteiger partial charge in [0.15, 0.2) is 0 Å². The Morgan fingerprint density at radius 2 is 1.69 bits per heavy atom. The number of hydrogen-bond donors (Lipinski definition) is 1. The molecule has 1 aliphatic heterocycles. The Balaban J connectivity index is 1.74. The van der Waals surface area contributed by atoms with Gasteiger partial charge in [0.25, 0.3) is 5.91 Å². The minimum atomic E-state index is -2.55. The van der Waals surface area contributed by atoms with E-state index in [1.807, 2.05) is 0 Å². The van der Waals surface area contributed by atoms with Gasteiger partial charge in [-0.3, -0.25) is 4.79 Å². The van der Waals surface area contributed by atoms with E-state index in [4.69, 9.17) is 0 Å². The standard InChI is InChI=1S/C24H26F3IN2O2/c1-4-29(5-2)17-7-14(8-17)12-30-20-11-16(28)6-13(3)21(20)24(32,23(30)31)22-18(26)9-15(25)10-19(22)27/h6,9-11,14,17,32H,4-5,7-8,12H2,1-3H3. The zero-order valence-corrected chi connectivity index (χ0v) is 20.4. The lowest BCUT2D eigenvalue weighted by Gasteiger charge is -2.43. The first kappa shape index (κ1) is 23.5. The number of aryl methyl sites for hydroxylation is 1. The molecule has 0 radical (unpaired) electrons. The maximum atomic E-state index is 14.8. The first-order valence-corrected chi connectivity index (χ1v) is 11.9. The zero-order valence-electron chi connectivity index (χ0n) is 18.3. The van der Waals surface area contributed by atoms with Crippen LogP contribution in [0.4, 0.5) is 18.9 Å². The lowest BCUT2D eigenvalue weighted by Crippen LogP contribution is -2.50. The second-order valence-corrected chi connectivity index (χ2v) is 9.95. The Kier molecular flexibility index (Phi) is 6.32. The Hall–Kier alpha value is -1.65. The van der Waals surface area contributed by atoms with Crippen LogP contribution in [0.2, 0.25) is 0 Å². The number of carbonyl (C=O) groups is 1. The zero-order chi connectivity index (χ0) is 23.4. The molecule has 2 aromatic rings. The van der Waals surface area contributed by atoms with E-state index in [2.05, 4.69) is 41.3 Å². The van der Waals surface area contributed by atoms with Gasteiger partial charge in [-0.2, -0.15) is 0 Å². The summed E-state index contributed by atoms with van der Waals surface area (Å²) >= 11 is 2.11. The molecular weight excluding hydrogens is 532 g/mol. The van der Waals surface area contributed by atoms with E-state index in [-0.39, 0.29) is 11.5 Å². The van der Waals surface area contributed by atoms with Gasteiger partial charge in [0.1, 0.15) is 17.5 Å². The quantitative estimate of drug-likeness (QED) is 0.523. The Morgan fingerprint density at radius 3 is 2.25 bits per heavy atom. The van der Waals surface area contributed by atoms with Crippen molar-refractivity contribution in [1.29, 1.82) is 0 Å². The van der Waals surface area contributed by atoms with Crippen molar-refractivity contribution in [3.05, 3.63) is 62.0 Å². The average Bonchev–Trinajstić information content (AvgIpc) is 2.87. The number of benzene rings is 2. The predicted octanol–water partition coefficient (Wildman–Crippen LogP) is 4.72. The number of halogens is 4. The molecule has 2 aromatic carbocycles. The molecule has 0 aromatic heterocycles. The molecule has 1 N–H and O–H groups in total. The van der Waals surface area contributed by atoms with Gasteiger partial charge < -0.3 is 14.9 Å². The van der Waals surface area contributed by atoms with Crippen LogP contribution < -0.4 is 4.90 Å². The number of nitrogens with zero attached hydrogens (tertiary/aromatic N) is 2. The normalized spacial score (nSPS) is 24.8. The van der Waals surface area contributed by atoms with Crippen LogP contribution in [-0.4, -0.2) is 41.6 Å².